The van der Waals surface area contributed by atoms with E-state index in [0.29, 0.717) is 52.8 Å². The van der Waals surface area contributed by atoms with E-state index in [1.807, 2.05) is 24.3 Å². The highest BCUT2D eigenvalue weighted by Crippen LogP contribution is 2.50. The Labute approximate surface area is 261 Å². The third-order valence-electron chi connectivity index (χ3n) is 7.77. The van der Waals surface area contributed by atoms with Gasteiger partial charge in [0, 0.05) is 24.6 Å². The maximum Gasteiger partial charge on any atom is 0.243 e. The van der Waals surface area contributed by atoms with Crippen molar-refractivity contribution in [1.82, 2.24) is 15.3 Å². The van der Waals surface area contributed by atoms with Crippen molar-refractivity contribution >= 4 is 34.2 Å². The number of carbonyl (C=O) groups is 2. The maximum atomic E-state index is 13.5. The van der Waals surface area contributed by atoms with Gasteiger partial charge in [0.25, 0.3) is 0 Å². The summed E-state index contributed by atoms with van der Waals surface area (Å²) in [4.78, 5) is 46.6. The summed E-state index contributed by atoms with van der Waals surface area (Å²) in [5, 5.41) is 8.88. The van der Waals surface area contributed by atoms with Gasteiger partial charge in [-0.3, -0.25) is 14.4 Å². The van der Waals surface area contributed by atoms with Gasteiger partial charge in [-0.2, -0.15) is 0 Å². The molecule has 0 saturated heterocycles. The van der Waals surface area contributed by atoms with Crippen LogP contribution in [-0.4, -0.2) is 49.7 Å². The zero-order chi connectivity index (χ0) is 32.2. The van der Waals surface area contributed by atoms with Gasteiger partial charge in [-0.1, -0.05) is 19.9 Å². The average Bonchev–Trinajstić information content (AvgIpc) is 3.24. The lowest BCUT2D eigenvalue weighted by Crippen LogP contribution is -2.27. The van der Waals surface area contributed by atoms with E-state index in [0.717, 1.165) is 34.4 Å². The van der Waals surface area contributed by atoms with Gasteiger partial charge in [-0.25, -0.2) is 4.98 Å². The highest BCUT2D eigenvalue weighted by Gasteiger charge is 2.29. The zero-order valence-electron chi connectivity index (χ0n) is 26.4. The molecule has 1 aliphatic rings. The minimum Gasteiger partial charge on any atom is -0.493 e. The van der Waals surface area contributed by atoms with E-state index in [1.165, 1.54) is 20.1 Å². The van der Waals surface area contributed by atoms with Crippen LogP contribution in [0.15, 0.2) is 47.3 Å². The molecule has 4 N–H and O–H groups in total. The highest BCUT2D eigenvalue weighted by atomic mass is 16.5. The SMILES string of the molecule is COc1cc2c(c(OC)c1OC)-c1ccc(NCC(=O)Nc3ccc4nc(CC(C)C)[nH]c4c3)c(=O)cc1[C@@H](NC(C)=O)CC2. The summed E-state index contributed by atoms with van der Waals surface area (Å²) in [7, 11) is 4.65. The van der Waals surface area contributed by atoms with E-state index in [9.17, 15) is 14.4 Å². The van der Waals surface area contributed by atoms with Crippen LogP contribution in [0.4, 0.5) is 11.4 Å². The topological polar surface area (TPSA) is 144 Å². The first kappa shape index (κ1) is 31.4. The molecule has 3 aromatic carbocycles. The number of aryl methyl sites for hydroxylation is 1. The van der Waals surface area contributed by atoms with Crippen molar-refractivity contribution in [3.05, 3.63) is 69.6 Å². The lowest BCUT2D eigenvalue weighted by molar-refractivity contribution is -0.119. The molecule has 0 aliphatic heterocycles. The molecule has 4 aromatic rings. The normalized spacial score (nSPS) is 13.8. The van der Waals surface area contributed by atoms with Crippen LogP contribution in [0.2, 0.25) is 0 Å². The molecule has 5 rings (SSSR count). The van der Waals surface area contributed by atoms with Crippen LogP contribution in [0.25, 0.3) is 22.2 Å². The van der Waals surface area contributed by atoms with Gasteiger partial charge in [0.05, 0.1) is 50.6 Å². The van der Waals surface area contributed by atoms with Crippen LogP contribution in [0, 0.1) is 5.92 Å². The lowest BCUT2D eigenvalue weighted by Gasteiger charge is -2.19. The molecule has 236 valence electrons. The lowest BCUT2D eigenvalue weighted by atomic mass is 9.95. The van der Waals surface area contributed by atoms with E-state index in [4.69, 9.17) is 14.2 Å². The molecule has 1 heterocycles. The number of imidazole rings is 1. The summed E-state index contributed by atoms with van der Waals surface area (Å²) in [5.74, 6) is 2.26. The van der Waals surface area contributed by atoms with Crippen LogP contribution in [0.3, 0.4) is 0 Å². The van der Waals surface area contributed by atoms with Crippen molar-refractivity contribution in [1.29, 1.82) is 0 Å². The van der Waals surface area contributed by atoms with Gasteiger partial charge in [-0.05, 0) is 71.8 Å². The van der Waals surface area contributed by atoms with Crippen molar-refractivity contribution in [3.8, 4) is 28.4 Å². The molecule has 1 atom stereocenters. The summed E-state index contributed by atoms with van der Waals surface area (Å²) in [6.45, 7) is 5.58. The quantitative estimate of drug-likeness (QED) is 0.196. The Morgan fingerprint density at radius 3 is 2.49 bits per heavy atom. The molecule has 2 amide bonds. The smallest absolute Gasteiger partial charge is 0.243 e. The first-order valence-electron chi connectivity index (χ1n) is 14.9. The minimum absolute atomic E-state index is 0.135. The minimum atomic E-state index is -0.429. The number of H-pyrrole nitrogens is 1. The number of nitrogens with zero attached hydrogens (tertiary/aromatic N) is 1. The number of aromatic amines is 1. The number of amides is 2. The number of ether oxygens (including phenoxy) is 3. The van der Waals surface area contributed by atoms with Gasteiger partial charge in [0.1, 0.15) is 5.82 Å². The van der Waals surface area contributed by atoms with E-state index < -0.39 is 6.04 Å². The second kappa shape index (κ2) is 13.3. The molecule has 11 nitrogen and oxygen atoms in total. The number of carbonyl (C=O) groups excluding carboxylic acids is 2. The third-order valence-corrected chi connectivity index (χ3v) is 7.77. The fourth-order valence-electron chi connectivity index (χ4n) is 5.86. The number of anilines is 2. The summed E-state index contributed by atoms with van der Waals surface area (Å²) in [5.41, 5.74) is 5.24. The number of hydrogen-bond donors (Lipinski definition) is 4. The number of nitrogens with one attached hydrogen (secondary N) is 4. The van der Waals surface area contributed by atoms with E-state index in [1.54, 1.807) is 26.4 Å². The Kier molecular flexibility index (Phi) is 9.26. The van der Waals surface area contributed by atoms with E-state index in [2.05, 4.69) is 39.8 Å². The molecule has 11 heteroatoms. The van der Waals surface area contributed by atoms with Crippen molar-refractivity contribution in [2.24, 2.45) is 5.92 Å². The van der Waals surface area contributed by atoms with Crippen LogP contribution in [0.1, 0.15) is 50.2 Å². The van der Waals surface area contributed by atoms with Crippen molar-refractivity contribution in [3.63, 3.8) is 0 Å². The Morgan fingerprint density at radius 1 is 1.02 bits per heavy atom. The fourth-order valence-corrected chi connectivity index (χ4v) is 5.86. The van der Waals surface area contributed by atoms with Crippen molar-refractivity contribution < 1.29 is 23.8 Å². The third kappa shape index (κ3) is 6.72. The summed E-state index contributed by atoms with van der Waals surface area (Å²) in [6, 6.07) is 12.0. The zero-order valence-corrected chi connectivity index (χ0v) is 26.4. The summed E-state index contributed by atoms with van der Waals surface area (Å²) in [6.07, 6.45) is 1.98. The molecule has 0 fully saturated rings. The van der Waals surface area contributed by atoms with Crippen LogP contribution < -0.4 is 35.6 Å². The predicted octanol–water partition coefficient (Wildman–Crippen LogP) is 4.99. The van der Waals surface area contributed by atoms with Gasteiger partial charge >= 0.3 is 0 Å². The monoisotopic (exact) mass is 613 g/mol. The number of rotatable bonds is 10. The average molecular weight is 614 g/mol. The molecule has 0 unspecified atom stereocenters. The Hall–Kier alpha value is -5.06. The molecule has 1 aromatic heterocycles. The molecular weight excluding hydrogens is 574 g/mol. The first-order chi connectivity index (χ1) is 21.6. The standard InChI is InChI=1S/C34H39N5O6/c1-18(2)13-30-38-25-11-8-21(15-27(25)39-30)37-31(42)17-35-26-12-9-22-23(16-28(26)41)24(36-19(3)40)10-7-20-14-29(43-4)33(44-5)34(45-6)32(20)22/h8-9,11-12,14-16,18,24H,7,10,13,17H2,1-6H3,(H,35,41)(H,36,40)(H,37,42)(H,38,39)/t24-/m0/s1. The van der Waals surface area contributed by atoms with Crippen LogP contribution >= 0.6 is 0 Å². The number of methoxy groups -OCH3 is 3. The van der Waals surface area contributed by atoms with E-state index >= 15 is 0 Å². The van der Waals surface area contributed by atoms with Crippen molar-refractivity contribution in [2.45, 2.75) is 46.1 Å². The molecule has 0 spiro atoms. The fraction of sp³-hybridized carbons (Fsp3) is 0.353. The Balaban J connectivity index is 1.45. The number of hydrogen-bond acceptors (Lipinski definition) is 8. The largest absolute Gasteiger partial charge is 0.493 e. The van der Waals surface area contributed by atoms with Gasteiger partial charge in [0.2, 0.25) is 23.0 Å². The Bertz CT molecular complexity index is 1820. The first-order valence-corrected chi connectivity index (χ1v) is 14.9. The van der Waals surface area contributed by atoms with Gasteiger partial charge < -0.3 is 35.1 Å². The molecule has 1 aliphatic carbocycles. The Morgan fingerprint density at radius 2 is 1.80 bits per heavy atom. The summed E-state index contributed by atoms with van der Waals surface area (Å²) >= 11 is 0. The second-order valence-electron chi connectivity index (χ2n) is 11.5. The summed E-state index contributed by atoms with van der Waals surface area (Å²) < 4.78 is 17.1. The van der Waals surface area contributed by atoms with Crippen molar-refractivity contribution in [2.75, 3.05) is 38.5 Å². The molecule has 0 saturated carbocycles. The van der Waals surface area contributed by atoms with Gasteiger partial charge in [0.15, 0.2) is 11.5 Å². The predicted molar refractivity (Wildman–Crippen MR) is 174 cm³/mol. The van der Waals surface area contributed by atoms with E-state index in [-0.39, 0.29) is 29.5 Å². The van der Waals surface area contributed by atoms with Crippen LogP contribution in [-0.2, 0) is 22.4 Å². The van der Waals surface area contributed by atoms with Gasteiger partial charge in [-0.15, -0.1) is 0 Å². The number of fused-ring (bicyclic) bond motifs is 4. The maximum absolute atomic E-state index is 13.5. The molecular formula is C34H39N5O6. The number of aromatic nitrogens is 2. The highest BCUT2D eigenvalue weighted by molar-refractivity contribution is 5.95. The number of benzene rings is 2. The van der Waals surface area contributed by atoms with Crippen LogP contribution in [0.5, 0.6) is 17.2 Å². The second-order valence-corrected chi connectivity index (χ2v) is 11.5. The molecule has 45 heavy (non-hydrogen) atoms. The molecule has 0 radical (unpaired) electrons. The molecule has 0 bridgehead atoms.